The number of halogens is 4. The van der Waals surface area contributed by atoms with Gasteiger partial charge >= 0.3 is 6.18 Å². The van der Waals surface area contributed by atoms with Gasteiger partial charge in [0.2, 0.25) is 4.77 Å². The van der Waals surface area contributed by atoms with Crippen LogP contribution < -0.4 is 0 Å². The zero-order valence-corrected chi connectivity index (χ0v) is 11.5. The first-order valence-corrected chi connectivity index (χ1v) is 5.99. The highest BCUT2D eigenvalue weighted by molar-refractivity contribution is 7.71. The number of aromatic hydroxyl groups is 2. The molecule has 0 saturated heterocycles. The second-order valence-electron chi connectivity index (χ2n) is 3.78. The molecule has 2 rings (SSSR count). The third kappa shape index (κ3) is 3.16. The number of aromatic nitrogens is 3. The highest BCUT2D eigenvalue weighted by Gasteiger charge is 2.37. The first kappa shape index (κ1) is 15.3. The number of alkyl halides is 3. The molecule has 11 heteroatoms. The van der Waals surface area contributed by atoms with E-state index in [1.807, 2.05) is 5.10 Å². The van der Waals surface area contributed by atoms with Crippen LogP contribution in [0.15, 0.2) is 17.2 Å². The van der Waals surface area contributed by atoms with Crippen LogP contribution in [-0.2, 0) is 6.18 Å². The minimum Gasteiger partial charge on any atom is -0.504 e. The molecule has 0 radical (unpaired) electrons. The standard InChI is InChI=1S/C10H6ClF3N4O2S/c11-5-1-4(2-6(19)7(5)20)3-15-18-8(10(12,13)14)16-17-9(18)21/h1-3,19-20H,(H,17,21)/b15-3+. The third-order valence-corrected chi connectivity index (χ3v) is 2.84. The Labute approximate surface area is 125 Å². The monoisotopic (exact) mass is 338 g/mol. The normalized spacial score (nSPS) is 12.2. The van der Waals surface area contributed by atoms with Crippen LogP contribution in [0.1, 0.15) is 11.4 Å². The quantitative estimate of drug-likeness (QED) is 0.446. The summed E-state index contributed by atoms with van der Waals surface area (Å²) < 4.78 is 38.0. The van der Waals surface area contributed by atoms with E-state index in [0.29, 0.717) is 4.68 Å². The maximum absolute atomic E-state index is 12.7. The summed E-state index contributed by atoms with van der Waals surface area (Å²) >= 11 is 10.3. The van der Waals surface area contributed by atoms with Crippen LogP contribution in [-0.4, -0.2) is 31.3 Å². The number of rotatable bonds is 2. The van der Waals surface area contributed by atoms with Crippen molar-refractivity contribution in [1.82, 2.24) is 14.9 Å². The predicted molar refractivity (Wildman–Crippen MR) is 70.2 cm³/mol. The Morgan fingerprint density at radius 2 is 2.05 bits per heavy atom. The SMILES string of the molecule is Oc1cc(/C=N/n2c(C(F)(F)F)n[nH]c2=S)cc(Cl)c1O. The maximum Gasteiger partial charge on any atom is 0.453 e. The number of hydrogen-bond acceptors (Lipinski definition) is 5. The van der Waals surface area contributed by atoms with Crippen molar-refractivity contribution in [2.24, 2.45) is 5.10 Å². The smallest absolute Gasteiger partial charge is 0.453 e. The number of nitrogens with one attached hydrogen (secondary N) is 1. The molecule has 0 spiro atoms. The van der Waals surface area contributed by atoms with Crippen molar-refractivity contribution >= 4 is 30.0 Å². The number of hydrogen-bond donors (Lipinski definition) is 3. The molecular weight excluding hydrogens is 333 g/mol. The van der Waals surface area contributed by atoms with Gasteiger partial charge in [0.15, 0.2) is 11.5 Å². The molecule has 0 unspecified atom stereocenters. The van der Waals surface area contributed by atoms with Crippen LogP contribution in [0.2, 0.25) is 5.02 Å². The van der Waals surface area contributed by atoms with Gasteiger partial charge in [-0.25, -0.2) is 5.10 Å². The Morgan fingerprint density at radius 3 is 2.62 bits per heavy atom. The van der Waals surface area contributed by atoms with Crippen LogP contribution in [0.4, 0.5) is 13.2 Å². The van der Waals surface area contributed by atoms with Gasteiger partial charge in [-0.05, 0) is 29.9 Å². The van der Waals surface area contributed by atoms with Crippen molar-refractivity contribution < 1.29 is 23.4 Å². The fourth-order valence-corrected chi connectivity index (χ4v) is 1.79. The Morgan fingerprint density at radius 1 is 1.38 bits per heavy atom. The van der Waals surface area contributed by atoms with Gasteiger partial charge in [0.25, 0.3) is 5.82 Å². The highest BCUT2D eigenvalue weighted by atomic mass is 35.5. The van der Waals surface area contributed by atoms with E-state index in [4.69, 9.17) is 11.6 Å². The zero-order chi connectivity index (χ0) is 15.8. The lowest BCUT2D eigenvalue weighted by atomic mass is 10.2. The highest BCUT2D eigenvalue weighted by Crippen LogP contribution is 2.33. The molecule has 0 amide bonds. The Balaban J connectivity index is 2.44. The van der Waals surface area contributed by atoms with Crippen molar-refractivity contribution in [3.8, 4) is 11.5 Å². The molecule has 21 heavy (non-hydrogen) atoms. The lowest BCUT2D eigenvalue weighted by molar-refractivity contribution is -0.147. The van der Waals surface area contributed by atoms with Gasteiger partial charge in [0.1, 0.15) is 0 Å². The topological polar surface area (TPSA) is 86.4 Å². The molecule has 0 saturated carbocycles. The van der Waals surface area contributed by atoms with Crippen molar-refractivity contribution in [1.29, 1.82) is 0 Å². The largest absolute Gasteiger partial charge is 0.504 e. The maximum atomic E-state index is 12.7. The molecule has 1 heterocycles. The molecule has 2 aromatic rings. The van der Waals surface area contributed by atoms with Gasteiger partial charge in [-0.2, -0.15) is 22.9 Å². The van der Waals surface area contributed by atoms with Crippen molar-refractivity contribution in [2.75, 3.05) is 0 Å². The molecular formula is C10H6ClF3N4O2S. The second-order valence-corrected chi connectivity index (χ2v) is 4.57. The summed E-state index contributed by atoms with van der Waals surface area (Å²) in [5.74, 6) is -2.39. The number of nitrogens with zero attached hydrogens (tertiary/aromatic N) is 3. The predicted octanol–water partition coefficient (Wildman–Crippen LogP) is 2.91. The fourth-order valence-electron chi connectivity index (χ4n) is 1.39. The van der Waals surface area contributed by atoms with Crippen LogP contribution in [0, 0.1) is 4.77 Å². The molecule has 0 atom stereocenters. The molecule has 0 aliphatic carbocycles. The molecule has 112 valence electrons. The van der Waals surface area contributed by atoms with E-state index in [1.165, 1.54) is 6.07 Å². The van der Waals surface area contributed by atoms with E-state index < -0.39 is 23.5 Å². The van der Waals surface area contributed by atoms with Gasteiger partial charge < -0.3 is 10.2 Å². The summed E-state index contributed by atoms with van der Waals surface area (Å²) in [6.07, 6.45) is -3.76. The van der Waals surface area contributed by atoms with E-state index >= 15 is 0 Å². The summed E-state index contributed by atoms with van der Waals surface area (Å²) in [5, 5.41) is 27.0. The lowest BCUT2D eigenvalue weighted by Crippen LogP contribution is -2.12. The summed E-state index contributed by atoms with van der Waals surface area (Å²) in [6, 6.07) is 2.28. The minimum absolute atomic E-state index is 0.159. The number of benzene rings is 1. The van der Waals surface area contributed by atoms with Gasteiger partial charge in [0.05, 0.1) is 11.2 Å². The molecule has 1 aromatic heterocycles. The second kappa shape index (κ2) is 5.37. The number of H-pyrrole nitrogens is 1. The summed E-state index contributed by atoms with van der Waals surface area (Å²) in [5.41, 5.74) is 0.159. The van der Waals surface area contributed by atoms with Crippen LogP contribution >= 0.6 is 23.8 Å². The zero-order valence-electron chi connectivity index (χ0n) is 9.89. The third-order valence-electron chi connectivity index (χ3n) is 2.29. The van der Waals surface area contributed by atoms with Gasteiger partial charge in [-0.15, -0.1) is 5.10 Å². The van der Waals surface area contributed by atoms with Gasteiger partial charge in [-0.3, -0.25) is 0 Å². The summed E-state index contributed by atoms with van der Waals surface area (Å²) in [7, 11) is 0. The van der Waals surface area contributed by atoms with E-state index in [0.717, 1.165) is 12.3 Å². The van der Waals surface area contributed by atoms with Gasteiger partial charge in [-0.1, -0.05) is 11.6 Å². The fraction of sp³-hybridized carbons (Fsp3) is 0.100. The van der Waals surface area contributed by atoms with E-state index in [2.05, 4.69) is 22.4 Å². The Hall–Kier alpha value is -2.07. The van der Waals surface area contributed by atoms with E-state index in [-0.39, 0.29) is 15.4 Å². The molecule has 6 nitrogen and oxygen atoms in total. The lowest BCUT2D eigenvalue weighted by Gasteiger charge is -2.04. The van der Waals surface area contributed by atoms with E-state index in [9.17, 15) is 23.4 Å². The summed E-state index contributed by atoms with van der Waals surface area (Å²) in [6.45, 7) is 0. The van der Waals surface area contributed by atoms with Crippen molar-refractivity contribution in [2.45, 2.75) is 6.18 Å². The Bertz CT molecular complexity index is 745. The van der Waals surface area contributed by atoms with E-state index in [1.54, 1.807) is 0 Å². The molecule has 0 aliphatic heterocycles. The van der Waals surface area contributed by atoms with Crippen LogP contribution in [0.25, 0.3) is 0 Å². The molecule has 1 aromatic carbocycles. The number of aromatic amines is 1. The summed E-state index contributed by atoms with van der Waals surface area (Å²) in [4.78, 5) is 0. The van der Waals surface area contributed by atoms with Crippen molar-refractivity contribution in [3.63, 3.8) is 0 Å². The average molecular weight is 339 g/mol. The molecule has 3 N–H and O–H groups in total. The first-order valence-electron chi connectivity index (χ1n) is 5.20. The Kier molecular flexibility index (Phi) is 3.92. The number of phenolic OH excluding ortho intramolecular Hbond substituents is 2. The molecule has 0 fully saturated rings. The van der Waals surface area contributed by atoms with Gasteiger partial charge in [0, 0.05) is 0 Å². The minimum atomic E-state index is -4.74. The molecule has 0 bridgehead atoms. The van der Waals surface area contributed by atoms with Crippen LogP contribution in [0.5, 0.6) is 11.5 Å². The number of phenols is 2. The average Bonchev–Trinajstić information content (AvgIpc) is 2.74. The first-order chi connectivity index (χ1) is 9.70. The van der Waals surface area contributed by atoms with Crippen molar-refractivity contribution in [3.05, 3.63) is 33.3 Å². The van der Waals surface area contributed by atoms with Crippen LogP contribution in [0.3, 0.4) is 0 Å². The molecule has 0 aliphatic rings.